The van der Waals surface area contributed by atoms with Crippen LogP contribution in [0.4, 0.5) is 0 Å². The minimum absolute atomic E-state index is 0.163. The molecule has 0 aliphatic heterocycles. The molecular formula is C17H19NOS. The Hall–Kier alpha value is -1.48. The van der Waals surface area contributed by atoms with Gasteiger partial charge in [-0.15, -0.1) is 11.3 Å². The molecule has 20 heavy (non-hydrogen) atoms. The quantitative estimate of drug-likeness (QED) is 0.765. The fourth-order valence-corrected chi connectivity index (χ4v) is 3.59. The lowest BCUT2D eigenvalue weighted by molar-refractivity contribution is 0.0976. The van der Waals surface area contributed by atoms with Crippen LogP contribution in [0.25, 0.3) is 10.6 Å². The number of nitrogens with zero attached hydrogens (tertiary/aromatic N) is 1. The first-order valence-corrected chi connectivity index (χ1v) is 7.90. The third-order valence-corrected chi connectivity index (χ3v) is 4.95. The van der Waals surface area contributed by atoms with Gasteiger partial charge in [-0.2, -0.15) is 0 Å². The molecule has 0 atom stereocenters. The number of Topliss-reactive ketones (excluding diaryl/α,β-unsaturated/α-hetero) is 1. The van der Waals surface area contributed by atoms with Gasteiger partial charge < -0.3 is 0 Å². The maximum atomic E-state index is 11.9. The number of rotatable bonds is 1. The minimum atomic E-state index is 0.163. The highest BCUT2D eigenvalue weighted by Crippen LogP contribution is 2.33. The second-order valence-corrected chi connectivity index (χ2v) is 7.40. The molecule has 0 spiro atoms. The first-order valence-electron chi connectivity index (χ1n) is 7.09. The van der Waals surface area contributed by atoms with Crippen LogP contribution in [0.15, 0.2) is 24.3 Å². The first kappa shape index (κ1) is 13.5. The molecule has 1 aliphatic rings. The van der Waals surface area contributed by atoms with E-state index in [-0.39, 0.29) is 11.2 Å². The zero-order valence-corrected chi connectivity index (χ0v) is 13.0. The van der Waals surface area contributed by atoms with E-state index in [4.69, 9.17) is 0 Å². The summed E-state index contributed by atoms with van der Waals surface area (Å²) in [4.78, 5) is 17.4. The second-order valence-electron chi connectivity index (χ2n) is 6.40. The lowest BCUT2D eigenvalue weighted by atomic mass is 9.87. The summed E-state index contributed by atoms with van der Waals surface area (Å²) in [5.74, 6) is 0.265. The number of fused-ring (bicyclic) bond motifs is 1. The van der Waals surface area contributed by atoms with Gasteiger partial charge in [-0.3, -0.25) is 4.79 Å². The Balaban J connectivity index is 1.96. The summed E-state index contributed by atoms with van der Waals surface area (Å²) in [6.45, 7) is 6.63. The van der Waals surface area contributed by atoms with Crippen molar-refractivity contribution in [3.63, 3.8) is 0 Å². The number of benzene rings is 1. The summed E-state index contributed by atoms with van der Waals surface area (Å²) in [7, 11) is 0. The highest BCUT2D eigenvalue weighted by atomic mass is 32.1. The molecule has 0 radical (unpaired) electrons. The Kier molecular flexibility index (Phi) is 3.25. The molecule has 0 N–H and O–H groups in total. The van der Waals surface area contributed by atoms with E-state index in [0.717, 1.165) is 34.0 Å². The smallest absolute Gasteiger partial charge is 0.174 e. The average molecular weight is 285 g/mol. The molecule has 0 saturated carbocycles. The van der Waals surface area contributed by atoms with Crippen LogP contribution in [-0.4, -0.2) is 10.8 Å². The molecule has 1 aromatic carbocycles. The van der Waals surface area contributed by atoms with Gasteiger partial charge in [0.1, 0.15) is 5.01 Å². The van der Waals surface area contributed by atoms with Crippen molar-refractivity contribution in [2.75, 3.05) is 0 Å². The largest absolute Gasteiger partial charge is 0.293 e. The molecule has 104 valence electrons. The normalized spacial score (nSPS) is 15.2. The van der Waals surface area contributed by atoms with Gasteiger partial charge in [-0.1, -0.05) is 45.0 Å². The van der Waals surface area contributed by atoms with Crippen molar-refractivity contribution in [3.8, 4) is 10.6 Å². The fraction of sp³-hybridized carbons (Fsp3) is 0.412. The summed E-state index contributed by atoms with van der Waals surface area (Å²) in [5.41, 5.74) is 3.60. The minimum Gasteiger partial charge on any atom is -0.293 e. The number of hydrogen-bond donors (Lipinski definition) is 0. The van der Waals surface area contributed by atoms with Gasteiger partial charge in [-0.05, 0) is 23.8 Å². The number of aryl methyl sites for hydroxylation is 1. The molecule has 1 heterocycles. The predicted molar refractivity (Wildman–Crippen MR) is 83.5 cm³/mol. The van der Waals surface area contributed by atoms with Crippen LogP contribution in [-0.2, 0) is 11.8 Å². The van der Waals surface area contributed by atoms with Gasteiger partial charge in [0.25, 0.3) is 0 Å². The molecule has 1 aromatic heterocycles. The number of carbonyl (C=O) groups is 1. The van der Waals surface area contributed by atoms with Crippen LogP contribution in [0, 0.1) is 0 Å². The Labute approximate surface area is 123 Å². The number of carbonyl (C=O) groups excluding carboxylic acids is 1. The van der Waals surface area contributed by atoms with Gasteiger partial charge in [0.2, 0.25) is 0 Å². The van der Waals surface area contributed by atoms with E-state index in [1.54, 1.807) is 11.3 Å². The topological polar surface area (TPSA) is 30.0 Å². The summed E-state index contributed by atoms with van der Waals surface area (Å²) in [5, 5.41) is 0.978. The van der Waals surface area contributed by atoms with Crippen LogP contribution < -0.4 is 0 Å². The molecule has 0 amide bonds. The van der Waals surface area contributed by atoms with Gasteiger partial charge in [0.05, 0.1) is 10.6 Å². The van der Waals surface area contributed by atoms with Crippen LogP contribution in [0.1, 0.15) is 54.5 Å². The summed E-state index contributed by atoms with van der Waals surface area (Å²) in [6.07, 6.45) is 2.56. The van der Waals surface area contributed by atoms with Crippen molar-refractivity contribution in [1.82, 2.24) is 4.98 Å². The van der Waals surface area contributed by atoms with E-state index in [1.165, 1.54) is 5.56 Å². The van der Waals surface area contributed by atoms with Crippen molar-refractivity contribution in [1.29, 1.82) is 0 Å². The van der Waals surface area contributed by atoms with Gasteiger partial charge in [0, 0.05) is 12.0 Å². The van der Waals surface area contributed by atoms with Crippen LogP contribution in [0.5, 0.6) is 0 Å². The van der Waals surface area contributed by atoms with E-state index < -0.39 is 0 Å². The van der Waals surface area contributed by atoms with Crippen molar-refractivity contribution in [3.05, 3.63) is 40.4 Å². The zero-order valence-electron chi connectivity index (χ0n) is 12.2. The number of thiazole rings is 1. The first-order chi connectivity index (χ1) is 9.45. The fourth-order valence-electron chi connectivity index (χ4n) is 2.51. The third-order valence-electron chi connectivity index (χ3n) is 3.77. The summed E-state index contributed by atoms with van der Waals surface area (Å²) >= 11 is 1.55. The van der Waals surface area contributed by atoms with Crippen LogP contribution >= 0.6 is 11.3 Å². The van der Waals surface area contributed by atoms with E-state index in [1.807, 2.05) is 0 Å². The lowest BCUT2D eigenvalue weighted by Crippen LogP contribution is -2.10. The maximum absolute atomic E-state index is 11.9. The molecule has 2 aromatic rings. The Morgan fingerprint density at radius 3 is 2.40 bits per heavy atom. The van der Waals surface area contributed by atoms with Crippen molar-refractivity contribution in [2.45, 2.75) is 45.4 Å². The molecule has 0 fully saturated rings. The van der Waals surface area contributed by atoms with Crippen molar-refractivity contribution < 1.29 is 4.79 Å². The Bertz CT molecular complexity index is 647. The average Bonchev–Trinajstić information content (AvgIpc) is 2.83. The monoisotopic (exact) mass is 285 g/mol. The van der Waals surface area contributed by atoms with E-state index in [9.17, 15) is 4.79 Å². The van der Waals surface area contributed by atoms with E-state index in [0.29, 0.717) is 6.42 Å². The van der Waals surface area contributed by atoms with Gasteiger partial charge in [-0.25, -0.2) is 4.98 Å². The third kappa shape index (κ3) is 2.42. The molecule has 1 aliphatic carbocycles. The van der Waals surface area contributed by atoms with Gasteiger partial charge in [0.15, 0.2) is 5.78 Å². The molecule has 3 heteroatoms. The molecular weight excluding hydrogens is 266 g/mol. The second kappa shape index (κ2) is 4.81. The van der Waals surface area contributed by atoms with Crippen LogP contribution in [0.3, 0.4) is 0 Å². The number of hydrogen-bond acceptors (Lipinski definition) is 3. The lowest BCUT2D eigenvalue weighted by Gasteiger charge is -2.18. The molecule has 0 bridgehead atoms. The van der Waals surface area contributed by atoms with E-state index >= 15 is 0 Å². The molecule has 0 saturated heterocycles. The molecule has 0 unspecified atom stereocenters. The SMILES string of the molecule is CC(C)(C)c1ccc(-c2nc3c(s2)C(=O)CCC3)cc1. The summed E-state index contributed by atoms with van der Waals surface area (Å²) in [6, 6.07) is 8.57. The van der Waals surface area contributed by atoms with Crippen molar-refractivity contribution >= 4 is 17.1 Å². The number of ketones is 1. The standard InChI is InChI=1S/C17H19NOS/c1-17(2,3)12-9-7-11(8-10-12)16-18-13-5-4-6-14(19)15(13)20-16/h7-10H,4-6H2,1-3H3. The Morgan fingerprint density at radius 1 is 1.10 bits per heavy atom. The molecule has 3 rings (SSSR count). The highest BCUT2D eigenvalue weighted by Gasteiger charge is 2.22. The van der Waals surface area contributed by atoms with Crippen molar-refractivity contribution in [2.24, 2.45) is 0 Å². The Morgan fingerprint density at radius 2 is 1.80 bits per heavy atom. The molecule has 2 nitrogen and oxygen atoms in total. The van der Waals surface area contributed by atoms with Gasteiger partial charge >= 0.3 is 0 Å². The zero-order chi connectivity index (χ0) is 14.3. The van der Waals surface area contributed by atoms with E-state index in [2.05, 4.69) is 50.0 Å². The highest BCUT2D eigenvalue weighted by molar-refractivity contribution is 7.17. The summed E-state index contributed by atoms with van der Waals surface area (Å²) < 4.78 is 0. The maximum Gasteiger partial charge on any atom is 0.174 e. The number of aromatic nitrogens is 1. The predicted octanol–water partition coefficient (Wildman–Crippen LogP) is 4.63. The van der Waals surface area contributed by atoms with Crippen LogP contribution in [0.2, 0.25) is 0 Å².